The van der Waals surface area contributed by atoms with Crippen LogP contribution in [0.5, 0.6) is 0 Å². The van der Waals surface area contributed by atoms with Gasteiger partial charge in [-0.3, -0.25) is 19.2 Å². The molecule has 0 aromatic heterocycles. The van der Waals surface area contributed by atoms with Crippen LogP contribution in [0.1, 0.15) is 25.3 Å². The fraction of sp³-hybridized carbons (Fsp3) is 0.476. The Morgan fingerprint density at radius 1 is 0.941 bits per heavy atom. The molecule has 0 aliphatic heterocycles. The number of hydrogen-bond donors (Lipinski definition) is 8. The summed E-state index contributed by atoms with van der Waals surface area (Å²) in [5.74, 6) is -5.45. The molecule has 0 aliphatic carbocycles. The van der Waals surface area contributed by atoms with Crippen molar-refractivity contribution in [2.75, 3.05) is 5.75 Å². The Labute approximate surface area is 201 Å². The van der Waals surface area contributed by atoms with Crippen molar-refractivity contribution in [2.24, 2.45) is 5.73 Å². The van der Waals surface area contributed by atoms with Crippen molar-refractivity contribution in [3.05, 3.63) is 35.9 Å². The zero-order valence-corrected chi connectivity index (χ0v) is 19.4. The number of aliphatic hydroxyl groups is 1. The van der Waals surface area contributed by atoms with E-state index >= 15 is 0 Å². The van der Waals surface area contributed by atoms with Crippen molar-refractivity contribution in [3.63, 3.8) is 0 Å². The van der Waals surface area contributed by atoms with Gasteiger partial charge in [0.05, 0.1) is 12.1 Å². The van der Waals surface area contributed by atoms with Crippen LogP contribution in [0.2, 0.25) is 0 Å². The fourth-order valence-electron chi connectivity index (χ4n) is 2.88. The van der Waals surface area contributed by atoms with Gasteiger partial charge in [-0.05, 0) is 25.3 Å². The number of aliphatic carboxylic acids is 2. The first-order valence-corrected chi connectivity index (χ1v) is 11.0. The summed E-state index contributed by atoms with van der Waals surface area (Å²) in [6.45, 7) is 1.26. The topological polar surface area (TPSA) is 208 Å². The SMILES string of the molecule is CC(O)C(NC(=O)C(N)Cc1ccccc1)C(=O)NC(CS)C(=O)NC(CCC(=O)O)C(=O)O. The Hall–Kier alpha value is -3.16. The number of carbonyl (C=O) groups is 5. The van der Waals surface area contributed by atoms with Gasteiger partial charge in [-0.2, -0.15) is 12.6 Å². The molecule has 1 aromatic rings. The molecule has 0 aliphatic rings. The summed E-state index contributed by atoms with van der Waals surface area (Å²) in [5, 5.41) is 34.7. The first-order valence-electron chi connectivity index (χ1n) is 10.4. The van der Waals surface area contributed by atoms with E-state index in [0.29, 0.717) is 0 Å². The van der Waals surface area contributed by atoms with Gasteiger partial charge in [-0.25, -0.2) is 4.79 Å². The minimum absolute atomic E-state index is 0.190. The lowest BCUT2D eigenvalue weighted by atomic mass is 10.0. The second-order valence-electron chi connectivity index (χ2n) is 7.60. The first-order chi connectivity index (χ1) is 16.0. The molecular weight excluding hydrogens is 468 g/mol. The second kappa shape index (κ2) is 14.2. The molecule has 1 aromatic carbocycles. The lowest BCUT2D eigenvalue weighted by molar-refractivity contribution is -0.143. The van der Waals surface area contributed by atoms with Crippen molar-refractivity contribution in [3.8, 4) is 0 Å². The van der Waals surface area contributed by atoms with Crippen molar-refractivity contribution in [2.45, 2.75) is 56.5 Å². The smallest absolute Gasteiger partial charge is 0.326 e. The number of carboxylic acids is 2. The molecular formula is C21H30N4O8S. The van der Waals surface area contributed by atoms with Gasteiger partial charge in [0.2, 0.25) is 17.7 Å². The van der Waals surface area contributed by atoms with Crippen LogP contribution in [0.4, 0.5) is 0 Å². The van der Waals surface area contributed by atoms with Gasteiger partial charge in [-0.1, -0.05) is 30.3 Å². The number of hydrogen-bond acceptors (Lipinski definition) is 8. The summed E-state index contributed by atoms with van der Waals surface area (Å²) in [7, 11) is 0. The van der Waals surface area contributed by atoms with E-state index in [4.69, 9.17) is 10.8 Å². The molecule has 5 atom stereocenters. The van der Waals surface area contributed by atoms with Crippen LogP contribution in [0, 0.1) is 0 Å². The van der Waals surface area contributed by atoms with Crippen LogP contribution >= 0.6 is 12.6 Å². The largest absolute Gasteiger partial charge is 0.481 e. The highest BCUT2D eigenvalue weighted by Gasteiger charge is 2.32. The number of nitrogens with two attached hydrogens (primary N) is 1. The molecule has 0 fully saturated rings. The number of thiol groups is 1. The molecule has 0 spiro atoms. The van der Waals surface area contributed by atoms with E-state index in [1.54, 1.807) is 24.3 Å². The van der Waals surface area contributed by atoms with E-state index in [1.807, 2.05) is 6.07 Å². The summed E-state index contributed by atoms with van der Waals surface area (Å²) in [5.41, 5.74) is 6.70. The maximum absolute atomic E-state index is 12.7. The quantitative estimate of drug-likeness (QED) is 0.137. The van der Waals surface area contributed by atoms with Crippen molar-refractivity contribution >= 4 is 42.3 Å². The molecule has 0 saturated heterocycles. The highest BCUT2D eigenvalue weighted by Crippen LogP contribution is 2.04. The highest BCUT2D eigenvalue weighted by molar-refractivity contribution is 7.80. The van der Waals surface area contributed by atoms with Crippen molar-refractivity contribution in [1.82, 2.24) is 16.0 Å². The van der Waals surface area contributed by atoms with E-state index in [-0.39, 0.29) is 18.6 Å². The van der Waals surface area contributed by atoms with Gasteiger partial charge in [-0.15, -0.1) is 0 Å². The zero-order valence-electron chi connectivity index (χ0n) is 18.5. The van der Waals surface area contributed by atoms with Gasteiger partial charge in [0.15, 0.2) is 0 Å². The highest BCUT2D eigenvalue weighted by atomic mass is 32.1. The van der Waals surface area contributed by atoms with Crippen molar-refractivity contribution < 1.29 is 39.3 Å². The fourth-order valence-corrected chi connectivity index (χ4v) is 3.14. The summed E-state index contributed by atoms with van der Waals surface area (Å²) in [6, 6.07) is 3.66. The standard InChI is InChI=1S/C21H30N4O8S/c1-11(26)17(25-18(29)13(22)9-12-5-3-2-4-6-12)20(31)24-15(10-34)19(30)23-14(21(32)33)7-8-16(27)28/h2-6,11,13-15,17,26,34H,7-10,22H2,1H3,(H,23,30)(H,24,31)(H,25,29)(H,27,28)(H,32,33). The summed E-state index contributed by atoms with van der Waals surface area (Å²) in [6.07, 6.45) is -2.02. The zero-order chi connectivity index (χ0) is 25.8. The summed E-state index contributed by atoms with van der Waals surface area (Å²) >= 11 is 3.98. The third-order valence-corrected chi connectivity index (χ3v) is 5.14. The number of carbonyl (C=O) groups excluding carboxylic acids is 3. The van der Waals surface area contributed by atoms with Crippen LogP contribution in [-0.2, 0) is 30.4 Å². The normalized spacial score (nSPS) is 15.2. The summed E-state index contributed by atoms with van der Waals surface area (Å²) < 4.78 is 0. The Bertz CT molecular complexity index is 868. The molecule has 188 valence electrons. The molecule has 0 radical (unpaired) electrons. The number of carboxylic acid groups (broad SMARTS) is 2. The predicted octanol–water partition coefficient (Wildman–Crippen LogP) is -1.73. The number of nitrogens with one attached hydrogen (secondary N) is 3. The van der Waals surface area contributed by atoms with E-state index < -0.39 is 66.4 Å². The van der Waals surface area contributed by atoms with Gasteiger partial charge < -0.3 is 37.0 Å². The molecule has 3 amide bonds. The van der Waals surface area contributed by atoms with E-state index in [1.165, 1.54) is 6.92 Å². The summed E-state index contributed by atoms with van der Waals surface area (Å²) in [4.78, 5) is 59.6. The van der Waals surface area contributed by atoms with Gasteiger partial charge >= 0.3 is 11.9 Å². The molecule has 0 saturated carbocycles. The molecule has 0 bridgehead atoms. The van der Waals surface area contributed by atoms with E-state index in [0.717, 1.165) is 5.56 Å². The second-order valence-corrected chi connectivity index (χ2v) is 7.96. The van der Waals surface area contributed by atoms with Crippen LogP contribution in [0.25, 0.3) is 0 Å². The van der Waals surface area contributed by atoms with Gasteiger partial charge in [0, 0.05) is 12.2 Å². The van der Waals surface area contributed by atoms with Crippen LogP contribution in [0.3, 0.4) is 0 Å². The number of aliphatic hydroxyl groups excluding tert-OH is 1. The average Bonchev–Trinajstić information content (AvgIpc) is 2.77. The third-order valence-electron chi connectivity index (χ3n) is 4.77. The molecule has 0 heterocycles. The Morgan fingerprint density at radius 3 is 2.03 bits per heavy atom. The maximum atomic E-state index is 12.7. The van der Waals surface area contributed by atoms with E-state index in [2.05, 4.69) is 28.6 Å². The van der Waals surface area contributed by atoms with Crippen LogP contribution < -0.4 is 21.7 Å². The Morgan fingerprint density at radius 2 is 1.53 bits per heavy atom. The predicted molar refractivity (Wildman–Crippen MR) is 124 cm³/mol. The molecule has 8 N–H and O–H groups in total. The lowest BCUT2D eigenvalue weighted by Crippen LogP contribution is -2.60. The molecule has 34 heavy (non-hydrogen) atoms. The number of benzene rings is 1. The molecule has 12 nitrogen and oxygen atoms in total. The lowest BCUT2D eigenvalue weighted by Gasteiger charge is -2.25. The first kappa shape index (κ1) is 28.9. The van der Waals surface area contributed by atoms with Crippen LogP contribution in [0.15, 0.2) is 30.3 Å². The number of amides is 3. The molecule has 13 heteroatoms. The third kappa shape index (κ3) is 9.77. The van der Waals surface area contributed by atoms with Crippen LogP contribution in [-0.4, -0.2) is 81.0 Å². The Kier molecular flexibility index (Phi) is 12.0. The maximum Gasteiger partial charge on any atom is 0.326 e. The van der Waals surface area contributed by atoms with Gasteiger partial charge in [0.25, 0.3) is 0 Å². The molecule has 1 rings (SSSR count). The minimum Gasteiger partial charge on any atom is -0.481 e. The van der Waals surface area contributed by atoms with Gasteiger partial charge in [0.1, 0.15) is 18.1 Å². The number of rotatable bonds is 14. The minimum atomic E-state index is -1.49. The van der Waals surface area contributed by atoms with Crippen molar-refractivity contribution in [1.29, 1.82) is 0 Å². The average molecular weight is 499 g/mol. The van der Waals surface area contributed by atoms with E-state index in [9.17, 15) is 34.2 Å². The monoisotopic (exact) mass is 498 g/mol. The Balaban J connectivity index is 2.79. The molecule has 5 unspecified atom stereocenters.